The molecule has 2 unspecified atom stereocenters. The molecule has 1 aliphatic heterocycles. The van der Waals surface area contributed by atoms with Crippen molar-refractivity contribution in [3.8, 4) is 5.75 Å². The summed E-state index contributed by atoms with van der Waals surface area (Å²) in [6.45, 7) is 8.99. The Balaban J connectivity index is 1.97. The lowest BCUT2D eigenvalue weighted by molar-refractivity contribution is 0.127. The third-order valence-corrected chi connectivity index (χ3v) is 3.71. The van der Waals surface area contributed by atoms with Crippen LogP contribution in [0.25, 0.3) is 0 Å². The van der Waals surface area contributed by atoms with E-state index in [1.165, 1.54) is 5.56 Å². The van der Waals surface area contributed by atoms with Crippen LogP contribution < -0.4 is 4.74 Å². The van der Waals surface area contributed by atoms with Gasteiger partial charge in [0.15, 0.2) is 0 Å². The molecule has 0 spiro atoms. The van der Waals surface area contributed by atoms with Crippen LogP contribution in [0.4, 0.5) is 0 Å². The second-order valence-electron chi connectivity index (χ2n) is 5.23. The Labute approximate surface area is 115 Å². The first-order chi connectivity index (χ1) is 9.20. The number of aliphatic hydroxyl groups is 1. The Hall–Kier alpha value is -1.32. The first kappa shape index (κ1) is 14.1. The van der Waals surface area contributed by atoms with Gasteiger partial charge in [-0.05, 0) is 31.9 Å². The Morgan fingerprint density at radius 3 is 3.00 bits per heavy atom. The van der Waals surface area contributed by atoms with Crippen LogP contribution in [0.5, 0.6) is 5.75 Å². The van der Waals surface area contributed by atoms with Crippen LogP contribution in [0.2, 0.25) is 0 Å². The van der Waals surface area contributed by atoms with E-state index in [2.05, 4.69) is 17.5 Å². The molecule has 104 valence electrons. The van der Waals surface area contributed by atoms with Gasteiger partial charge in [0.2, 0.25) is 0 Å². The predicted molar refractivity (Wildman–Crippen MR) is 77.2 cm³/mol. The number of para-hydroxylation sites is 1. The van der Waals surface area contributed by atoms with E-state index in [0.717, 1.165) is 31.8 Å². The van der Waals surface area contributed by atoms with Gasteiger partial charge in [-0.2, -0.15) is 0 Å². The van der Waals surface area contributed by atoms with E-state index in [4.69, 9.17) is 4.74 Å². The molecule has 0 amide bonds. The van der Waals surface area contributed by atoms with Crippen molar-refractivity contribution in [2.24, 2.45) is 5.92 Å². The average Bonchev–Trinajstić information content (AvgIpc) is 2.86. The smallest absolute Gasteiger partial charge is 0.124 e. The van der Waals surface area contributed by atoms with Gasteiger partial charge in [-0.1, -0.05) is 30.9 Å². The number of nitrogens with zero attached hydrogens (tertiary/aromatic N) is 1. The standard InChI is InChI=1S/C16H23NO2/c1-3-10-19-16-7-5-4-6-15(16)12-17-9-8-14(11-17)13(2)18/h3-7,13-14,18H,1,8-12H2,2H3. The van der Waals surface area contributed by atoms with Gasteiger partial charge >= 0.3 is 0 Å². The minimum Gasteiger partial charge on any atom is -0.489 e. The molecule has 0 aromatic heterocycles. The molecule has 1 aromatic rings. The first-order valence-electron chi connectivity index (χ1n) is 6.92. The third kappa shape index (κ3) is 3.82. The first-order valence-corrected chi connectivity index (χ1v) is 6.92. The topological polar surface area (TPSA) is 32.7 Å². The van der Waals surface area contributed by atoms with Gasteiger partial charge in [-0.25, -0.2) is 0 Å². The number of benzene rings is 1. The number of aliphatic hydroxyl groups excluding tert-OH is 1. The normalized spacial score (nSPS) is 21.3. The zero-order valence-corrected chi connectivity index (χ0v) is 11.6. The van der Waals surface area contributed by atoms with Crippen molar-refractivity contribution in [3.63, 3.8) is 0 Å². The number of ether oxygens (including phenoxy) is 1. The molecule has 3 nitrogen and oxygen atoms in total. The van der Waals surface area contributed by atoms with E-state index >= 15 is 0 Å². The molecule has 0 saturated carbocycles. The summed E-state index contributed by atoms with van der Waals surface area (Å²) in [4.78, 5) is 2.38. The molecule has 0 bridgehead atoms. The van der Waals surface area contributed by atoms with Crippen molar-refractivity contribution in [3.05, 3.63) is 42.5 Å². The van der Waals surface area contributed by atoms with E-state index in [-0.39, 0.29) is 6.10 Å². The summed E-state index contributed by atoms with van der Waals surface area (Å²) < 4.78 is 5.68. The van der Waals surface area contributed by atoms with Gasteiger partial charge in [0.05, 0.1) is 6.10 Å². The molecule has 0 radical (unpaired) electrons. The van der Waals surface area contributed by atoms with Gasteiger partial charge in [0.1, 0.15) is 12.4 Å². The van der Waals surface area contributed by atoms with Crippen molar-refractivity contribution in [1.29, 1.82) is 0 Å². The molecule has 2 rings (SSSR count). The van der Waals surface area contributed by atoms with E-state index in [1.54, 1.807) is 6.08 Å². The van der Waals surface area contributed by atoms with Crippen molar-refractivity contribution < 1.29 is 9.84 Å². The molecule has 3 heteroatoms. The van der Waals surface area contributed by atoms with Gasteiger partial charge in [-0.3, -0.25) is 4.90 Å². The highest BCUT2D eigenvalue weighted by Gasteiger charge is 2.26. The maximum Gasteiger partial charge on any atom is 0.124 e. The minimum absolute atomic E-state index is 0.211. The van der Waals surface area contributed by atoms with Crippen molar-refractivity contribution >= 4 is 0 Å². The molecule has 19 heavy (non-hydrogen) atoms. The van der Waals surface area contributed by atoms with Gasteiger partial charge in [-0.15, -0.1) is 0 Å². The number of hydrogen-bond donors (Lipinski definition) is 1. The van der Waals surface area contributed by atoms with Crippen LogP contribution >= 0.6 is 0 Å². The van der Waals surface area contributed by atoms with Crippen LogP contribution in [0, 0.1) is 5.92 Å². The summed E-state index contributed by atoms with van der Waals surface area (Å²) in [7, 11) is 0. The maximum atomic E-state index is 9.64. The fraction of sp³-hybridized carbons (Fsp3) is 0.500. The van der Waals surface area contributed by atoms with E-state index in [1.807, 2.05) is 25.1 Å². The highest BCUT2D eigenvalue weighted by molar-refractivity contribution is 5.33. The molecule has 1 fully saturated rings. The largest absolute Gasteiger partial charge is 0.489 e. The number of likely N-dealkylation sites (tertiary alicyclic amines) is 1. The summed E-state index contributed by atoms with van der Waals surface area (Å²) in [6.07, 6.45) is 2.63. The zero-order valence-electron chi connectivity index (χ0n) is 11.6. The summed E-state index contributed by atoms with van der Waals surface area (Å²) in [5.74, 6) is 1.34. The lowest BCUT2D eigenvalue weighted by Crippen LogP contribution is -2.24. The van der Waals surface area contributed by atoms with Crippen molar-refractivity contribution in [1.82, 2.24) is 4.90 Å². The molecule has 1 N–H and O–H groups in total. The molecule has 1 aromatic carbocycles. The Kier molecular flexibility index (Phi) is 5.00. The highest BCUT2D eigenvalue weighted by Crippen LogP contribution is 2.25. The van der Waals surface area contributed by atoms with Gasteiger partial charge < -0.3 is 9.84 Å². The summed E-state index contributed by atoms with van der Waals surface area (Å²) >= 11 is 0. The Morgan fingerprint density at radius 2 is 2.32 bits per heavy atom. The van der Waals surface area contributed by atoms with Gasteiger partial charge in [0, 0.05) is 18.7 Å². The SMILES string of the molecule is C=CCOc1ccccc1CN1CCC(C(C)O)C1. The fourth-order valence-electron chi connectivity index (χ4n) is 2.56. The monoisotopic (exact) mass is 261 g/mol. The summed E-state index contributed by atoms with van der Waals surface area (Å²) in [5, 5.41) is 9.64. The molecular weight excluding hydrogens is 238 g/mol. The second kappa shape index (κ2) is 6.73. The maximum absolute atomic E-state index is 9.64. The average molecular weight is 261 g/mol. The lowest BCUT2D eigenvalue weighted by atomic mass is 10.0. The molecule has 1 aliphatic rings. The van der Waals surface area contributed by atoms with Gasteiger partial charge in [0.25, 0.3) is 0 Å². The molecular formula is C16H23NO2. The van der Waals surface area contributed by atoms with Crippen LogP contribution in [-0.2, 0) is 6.54 Å². The molecule has 1 saturated heterocycles. The highest BCUT2D eigenvalue weighted by atomic mass is 16.5. The molecule has 2 atom stereocenters. The van der Waals surface area contributed by atoms with Crippen molar-refractivity contribution in [2.45, 2.75) is 26.0 Å². The Bertz CT molecular complexity index is 417. The summed E-state index contributed by atoms with van der Waals surface area (Å²) in [6, 6.07) is 8.14. The van der Waals surface area contributed by atoms with E-state index in [0.29, 0.717) is 12.5 Å². The quantitative estimate of drug-likeness (QED) is 0.798. The lowest BCUT2D eigenvalue weighted by Gasteiger charge is -2.19. The minimum atomic E-state index is -0.211. The third-order valence-electron chi connectivity index (χ3n) is 3.71. The van der Waals surface area contributed by atoms with Crippen LogP contribution in [0.1, 0.15) is 18.9 Å². The fourth-order valence-corrected chi connectivity index (χ4v) is 2.56. The van der Waals surface area contributed by atoms with Crippen molar-refractivity contribution in [2.75, 3.05) is 19.7 Å². The summed E-state index contributed by atoms with van der Waals surface area (Å²) in [5.41, 5.74) is 1.20. The van der Waals surface area contributed by atoms with Crippen LogP contribution in [-0.4, -0.2) is 35.8 Å². The number of hydrogen-bond acceptors (Lipinski definition) is 3. The van der Waals surface area contributed by atoms with Crippen LogP contribution in [0.3, 0.4) is 0 Å². The second-order valence-corrected chi connectivity index (χ2v) is 5.23. The number of rotatable bonds is 6. The van der Waals surface area contributed by atoms with E-state index in [9.17, 15) is 5.11 Å². The predicted octanol–water partition coefficient (Wildman–Crippen LogP) is 2.45. The zero-order chi connectivity index (χ0) is 13.7. The molecule has 0 aliphatic carbocycles. The van der Waals surface area contributed by atoms with Crippen LogP contribution in [0.15, 0.2) is 36.9 Å². The van der Waals surface area contributed by atoms with E-state index < -0.39 is 0 Å². The molecule has 1 heterocycles. The Morgan fingerprint density at radius 1 is 1.53 bits per heavy atom.